The predicted molar refractivity (Wildman–Crippen MR) is 64.4 cm³/mol. The summed E-state index contributed by atoms with van der Waals surface area (Å²) in [5.74, 6) is -0.615. The fourth-order valence-corrected chi connectivity index (χ4v) is 2.21. The SMILES string of the molecule is NC1CCCN(CC(=O)c2ccccc2F)C1. The molecule has 3 nitrogen and oxygen atoms in total. The first-order chi connectivity index (χ1) is 8.16. The molecule has 1 heterocycles. The lowest BCUT2D eigenvalue weighted by Gasteiger charge is -2.29. The van der Waals surface area contributed by atoms with Gasteiger partial charge in [-0.25, -0.2) is 4.39 Å². The van der Waals surface area contributed by atoms with Gasteiger partial charge in [0.2, 0.25) is 0 Å². The van der Waals surface area contributed by atoms with Crippen molar-refractivity contribution in [1.29, 1.82) is 0 Å². The van der Waals surface area contributed by atoms with Crippen molar-refractivity contribution in [3.63, 3.8) is 0 Å². The monoisotopic (exact) mass is 236 g/mol. The van der Waals surface area contributed by atoms with Crippen molar-refractivity contribution in [2.24, 2.45) is 5.73 Å². The Morgan fingerprint density at radius 1 is 1.47 bits per heavy atom. The zero-order valence-electron chi connectivity index (χ0n) is 9.73. The second-order valence-corrected chi connectivity index (χ2v) is 4.54. The van der Waals surface area contributed by atoms with Gasteiger partial charge in [0.05, 0.1) is 12.1 Å². The highest BCUT2D eigenvalue weighted by Crippen LogP contribution is 2.11. The number of ketones is 1. The van der Waals surface area contributed by atoms with E-state index < -0.39 is 5.82 Å². The molecule has 1 unspecified atom stereocenters. The van der Waals surface area contributed by atoms with Gasteiger partial charge in [-0.1, -0.05) is 12.1 Å². The van der Waals surface area contributed by atoms with Crippen LogP contribution in [0.2, 0.25) is 0 Å². The van der Waals surface area contributed by atoms with Gasteiger partial charge in [-0.3, -0.25) is 9.69 Å². The van der Waals surface area contributed by atoms with Crippen LogP contribution in [0, 0.1) is 5.82 Å². The van der Waals surface area contributed by atoms with Crippen LogP contribution in [0.4, 0.5) is 4.39 Å². The third-order valence-corrected chi connectivity index (χ3v) is 3.08. The summed E-state index contributed by atoms with van der Waals surface area (Å²) < 4.78 is 13.4. The number of carbonyl (C=O) groups is 1. The Morgan fingerprint density at radius 2 is 2.24 bits per heavy atom. The van der Waals surface area contributed by atoms with Gasteiger partial charge in [0.25, 0.3) is 0 Å². The highest BCUT2D eigenvalue weighted by atomic mass is 19.1. The van der Waals surface area contributed by atoms with Crippen LogP contribution in [-0.2, 0) is 0 Å². The van der Waals surface area contributed by atoms with Gasteiger partial charge in [-0.05, 0) is 31.5 Å². The quantitative estimate of drug-likeness (QED) is 0.808. The summed E-state index contributed by atoms with van der Waals surface area (Å²) in [7, 11) is 0. The van der Waals surface area contributed by atoms with E-state index >= 15 is 0 Å². The zero-order valence-corrected chi connectivity index (χ0v) is 9.73. The first kappa shape index (κ1) is 12.2. The van der Waals surface area contributed by atoms with Crippen LogP contribution in [0.15, 0.2) is 24.3 Å². The lowest BCUT2D eigenvalue weighted by atomic mass is 10.0. The Kier molecular flexibility index (Phi) is 3.86. The van der Waals surface area contributed by atoms with Crippen LogP contribution < -0.4 is 5.73 Å². The molecule has 0 saturated carbocycles. The standard InChI is InChI=1S/C13H17FN2O/c14-12-6-2-1-5-11(12)13(17)9-16-7-3-4-10(15)8-16/h1-2,5-6,10H,3-4,7-9,15H2. The molecule has 1 aliphatic rings. The minimum absolute atomic E-state index is 0.136. The number of hydrogen-bond donors (Lipinski definition) is 1. The number of rotatable bonds is 3. The van der Waals surface area contributed by atoms with Gasteiger partial charge in [-0.2, -0.15) is 0 Å². The van der Waals surface area contributed by atoms with E-state index in [4.69, 9.17) is 5.73 Å². The summed E-state index contributed by atoms with van der Waals surface area (Å²) in [5, 5.41) is 0. The van der Waals surface area contributed by atoms with E-state index in [-0.39, 0.29) is 23.9 Å². The molecule has 1 aliphatic heterocycles. The highest BCUT2D eigenvalue weighted by molar-refractivity contribution is 5.97. The van der Waals surface area contributed by atoms with E-state index in [1.165, 1.54) is 12.1 Å². The molecule has 4 heteroatoms. The van der Waals surface area contributed by atoms with Gasteiger partial charge in [0.1, 0.15) is 5.82 Å². The fraction of sp³-hybridized carbons (Fsp3) is 0.462. The molecule has 17 heavy (non-hydrogen) atoms. The van der Waals surface area contributed by atoms with Crippen molar-refractivity contribution in [2.75, 3.05) is 19.6 Å². The van der Waals surface area contributed by atoms with E-state index in [0.29, 0.717) is 0 Å². The Hall–Kier alpha value is -1.26. The van der Waals surface area contributed by atoms with Gasteiger partial charge in [0.15, 0.2) is 5.78 Å². The molecule has 92 valence electrons. The molecule has 0 bridgehead atoms. The molecule has 1 saturated heterocycles. The number of likely N-dealkylation sites (tertiary alicyclic amines) is 1. The van der Waals surface area contributed by atoms with Gasteiger partial charge < -0.3 is 5.73 Å². The number of carbonyl (C=O) groups excluding carboxylic acids is 1. The van der Waals surface area contributed by atoms with Crippen molar-refractivity contribution < 1.29 is 9.18 Å². The maximum atomic E-state index is 13.4. The number of Topliss-reactive ketones (excluding diaryl/α,β-unsaturated/α-hetero) is 1. The first-order valence-electron chi connectivity index (χ1n) is 5.92. The second-order valence-electron chi connectivity index (χ2n) is 4.54. The smallest absolute Gasteiger partial charge is 0.179 e. The average Bonchev–Trinajstić information content (AvgIpc) is 2.29. The largest absolute Gasteiger partial charge is 0.327 e. The van der Waals surface area contributed by atoms with Crippen molar-refractivity contribution >= 4 is 5.78 Å². The summed E-state index contributed by atoms with van der Waals surface area (Å²) in [6, 6.07) is 6.25. The molecule has 1 fully saturated rings. The fourth-order valence-electron chi connectivity index (χ4n) is 2.21. The Balaban J connectivity index is 1.99. The number of benzene rings is 1. The summed E-state index contributed by atoms with van der Waals surface area (Å²) in [6.45, 7) is 1.85. The molecule has 1 aromatic rings. The van der Waals surface area contributed by atoms with Crippen molar-refractivity contribution in [1.82, 2.24) is 4.90 Å². The minimum atomic E-state index is -0.446. The minimum Gasteiger partial charge on any atom is -0.327 e. The number of piperidine rings is 1. The molecular weight excluding hydrogens is 219 g/mol. The summed E-state index contributed by atoms with van der Waals surface area (Å²) in [6.07, 6.45) is 2.01. The molecule has 0 aromatic heterocycles. The van der Waals surface area contributed by atoms with Gasteiger partial charge in [-0.15, -0.1) is 0 Å². The van der Waals surface area contributed by atoms with Crippen LogP contribution in [0.1, 0.15) is 23.2 Å². The normalized spacial score (nSPS) is 21.4. The molecule has 1 atom stereocenters. The number of nitrogens with zero attached hydrogens (tertiary/aromatic N) is 1. The van der Waals surface area contributed by atoms with Crippen molar-refractivity contribution in [3.8, 4) is 0 Å². The maximum absolute atomic E-state index is 13.4. The summed E-state index contributed by atoms with van der Waals surface area (Å²) in [4.78, 5) is 13.9. The zero-order chi connectivity index (χ0) is 12.3. The Bertz CT molecular complexity index is 408. The van der Waals surface area contributed by atoms with Crippen LogP contribution >= 0.6 is 0 Å². The number of nitrogens with two attached hydrogens (primary N) is 1. The molecule has 0 amide bonds. The molecule has 0 radical (unpaired) electrons. The molecule has 1 aromatic carbocycles. The lowest BCUT2D eigenvalue weighted by Crippen LogP contribution is -2.44. The van der Waals surface area contributed by atoms with Crippen molar-refractivity contribution in [3.05, 3.63) is 35.6 Å². The third-order valence-electron chi connectivity index (χ3n) is 3.08. The van der Waals surface area contributed by atoms with Crippen molar-refractivity contribution in [2.45, 2.75) is 18.9 Å². The lowest BCUT2D eigenvalue weighted by molar-refractivity contribution is 0.0904. The van der Waals surface area contributed by atoms with E-state index in [0.717, 1.165) is 25.9 Å². The Morgan fingerprint density at radius 3 is 2.94 bits per heavy atom. The maximum Gasteiger partial charge on any atom is 0.179 e. The second kappa shape index (κ2) is 5.38. The van der Waals surface area contributed by atoms with E-state index in [9.17, 15) is 9.18 Å². The molecular formula is C13H17FN2O. The topological polar surface area (TPSA) is 46.3 Å². The highest BCUT2D eigenvalue weighted by Gasteiger charge is 2.20. The average molecular weight is 236 g/mol. The van der Waals surface area contributed by atoms with Crippen LogP contribution in [-0.4, -0.2) is 36.4 Å². The van der Waals surface area contributed by atoms with E-state index in [1.54, 1.807) is 12.1 Å². The summed E-state index contributed by atoms with van der Waals surface area (Å²) in [5.41, 5.74) is 6.02. The van der Waals surface area contributed by atoms with Crippen LogP contribution in [0.3, 0.4) is 0 Å². The molecule has 2 N–H and O–H groups in total. The molecule has 0 aliphatic carbocycles. The number of halogens is 1. The van der Waals surface area contributed by atoms with Gasteiger partial charge in [0, 0.05) is 12.6 Å². The molecule has 2 rings (SSSR count). The van der Waals surface area contributed by atoms with E-state index in [2.05, 4.69) is 0 Å². The van der Waals surface area contributed by atoms with Crippen LogP contribution in [0.25, 0.3) is 0 Å². The van der Waals surface area contributed by atoms with E-state index in [1.807, 2.05) is 4.90 Å². The Labute approximate surface area is 100 Å². The van der Waals surface area contributed by atoms with Gasteiger partial charge >= 0.3 is 0 Å². The van der Waals surface area contributed by atoms with Crippen LogP contribution in [0.5, 0.6) is 0 Å². The third kappa shape index (κ3) is 3.11. The molecule has 0 spiro atoms. The number of hydrogen-bond acceptors (Lipinski definition) is 3. The summed E-state index contributed by atoms with van der Waals surface area (Å²) >= 11 is 0. The predicted octanol–water partition coefficient (Wildman–Crippen LogP) is 1.43. The first-order valence-corrected chi connectivity index (χ1v) is 5.92.